The Labute approximate surface area is 218 Å². The number of aromatic nitrogens is 2. The van der Waals surface area contributed by atoms with E-state index in [-0.39, 0.29) is 36.6 Å². The van der Waals surface area contributed by atoms with Gasteiger partial charge in [0.15, 0.2) is 0 Å². The number of imide groups is 1. The van der Waals surface area contributed by atoms with Crippen LogP contribution in [0, 0.1) is 13.8 Å². The molecule has 2 aliphatic rings. The maximum Gasteiger partial charge on any atom is 0.241 e. The number of para-hydroxylation sites is 1. The van der Waals surface area contributed by atoms with Crippen LogP contribution in [0.5, 0.6) is 0 Å². The summed E-state index contributed by atoms with van der Waals surface area (Å²) in [6.07, 6.45) is 7.44. The van der Waals surface area contributed by atoms with Crippen LogP contribution in [0.25, 0.3) is 5.69 Å². The first kappa shape index (κ1) is 24.9. The summed E-state index contributed by atoms with van der Waals surface area (Å²) in [7, 11) is 1.75. The molecule has 3 aromatic rings. The lowest BCUT2D eigenvalue weighted by atomic mass is 9.74. The van der Waals surface area contributed by atoms with E-state index in [1.807, 2.05) is 73.3 Å². The predicted octanol–water partition coefficient (Wildman–Crippen LogP) is 4.48. The van der Waals surface area contributed by atoms with Crippen molar-refractivity contribution in [2.75, 3.05) is 7.05 Å². The first-order valence-electron chi connectivity index (χ1n) is 13.1. The number of aryl methyl sites for hydroxylation is 2. The van der Waals surface area contributed by atoms with Gasteiger partial charge in [0, 0.05) is 44.2 Å². The molecule has 2 aromatic carbocycles. The molecule has 1 saturated carbocycles. The van der Waals surface area contributed by atoms with Crippen molar-refractivity contribution in [1.29, 1.82) is 0 Å². The van der Waals surface area contributed by atoms with Crippen LogP contribution in [0.3, 0.4) is 0 Å². The molecule has 1 aromatic heterocycles. The number of rotatable bonds is 7. The molecule has 0 unspecified atom stereocenters. The number of amides is 3. The summed E-state index contributed by atoms with van der Waals surface area (Å²) in [5, 5.41) is 4.49. The van der Waals surface area contributed by atoms with Gasteiger partial charge in [0.2, 0.25) is 17.7 Å². The van der Waals surface area contributed by atoms with Crippen LogP contribution < -0.4 is 0 Å². The summed E-state index contributed by atoms with van der Waals surface area (Å²) in [4.78, 5) is 44.0. The average Bonchev–Trinajstić information content (AvgIpc) is 3.61. The molecule has 1 aliphatic carbocycles. The lowest BCUT2D eigenvalue weighted by Gasteiger charge is -2.31. The van der Waals surface area contributed by atoms with Gasteiger partial charge in [-0.1, -0.05) is 55.3 Å². The zero-order valence-electron chi connectivity index (χ0n) is 21.8. The minimum atomic E-state index is -1.16. The Hall–Kier alpha value is -3.74. The van der Waals surface area contributed by atoms with E-state index in [1.54, 1.807) is 18.1 Å². The van der Waals surface area contributed by atoms with Gasteiger partial charge in [-0.05, 0) is 49.4 Å². The second kappa shape index (κ2) is 9.96. The lowest BCUT2D eigenvalue weighted by Crippen LogP contribution is -2.45. The van der Waals surface area contributed by atoms with Gasteiger partial charge in [0.1, 0.15) is 0 Å². The highest BCUT2D eigenvalue weighted by atomic mass is 16.2. The Balaban J connectivity index is 1.39. The van der Waals surface area contributed by atoms with E-state index in [0.717, 1.165) is 53.6 Å². The zero-order valence-corrected chi connectivity index (χ0v) is 21.8. The van der Waals surface area contributed by atoms with E-state index < -0.39 is 5.41 Å². The third-order valence-corrected chi connectivity index (χ3v) is 8.00. The van der Waals surface area contributed by atoms with Gasteiger partial charge in [-0.25, -0.2) is 4.68 Å². The molecule has 5 rings (SSSR count). The highest BCUT2D eigenvalue weighted by molar-refractivity contribution is 6.11. The van der Waals surface area contributed by atoms with Crippen LogP contribution in [0.2, 0.25) is 0 Å². The molecule has 192 valence electrons. The third-order valence-electron chi connectivity index (χ3n) is 8.00. The van der Waals surface area contributed by atoms with Crippen molar-refractivity contribution in [2.45, 2.75) is 70.4 Å². The van der Waals surface area contributed by atoms with Gasteiger partial charge in [-0.3, -0.25) is 19.3 Å². The van der Waals surface area contributed by atoms with E-state index in [1.165, 1.54) is 4.90 Å². The van der Waals surface area contributed by atoms with Crippen LogP contribution in [-0.4, -0.2) is 50.4 Å². The monoisotopic (exact) mass is 498 g/mol. The van der Waals surface area contributed by atoms with Crippen LogP contribution in [0.1, 0.15) is 60.8 Å². The largest absolute Gasteiger partial charge is 0.341 e. The topological polar surface area (TPSA) is 75.5 Å². The second-order valence-corrected chi connectivity index (χ2v) is 10.6. The minimum Gasteiger partial charge on any atom is -0.341 e. The van der Waals surface area contributed by atoms with Crippen molar-refractivity contribution in [3.05, 3.63) is 83.2 Å². The zero-order chi connectivity index (χ0) is 26.2. The molecule has 0 N–H and O–H groups in total. The highest BCUT2D eigenvalue weighted by Gasteiger charge is 2.56. The Morgan fingerprint density at radius 3 is 2.41 bits per heavy atom. The van der Waals surface area contributed by atoms with Gasteiger partial charge < -0.3 is 4.90 Å². The van der Waals surface area contributed by atoms with Crippen LogP contribution in [0.15, 0.2) is 60.9 Å². The number of nitrogens with zero attached hydrogens (tertiary/aromatic N) is 4. The number of hydrogen-bond acceptors (Lipinski definition) is 4. The van der Waals surface area contributed by atoms with Crippen molar-refractivity contribution >= 4 is 17.7 Å². The molecular weight excluding hydrogens is 464 g/mol. The molecule has 3 amide bonds. The first-order valence-corrected chi connectivity index (χ1v) is 13.1. The summed E-state index contributed by atoms with van der Waals surface area (Å²) in [6.45, 7) is 4.34. The van der Waals surface area contributed by atoms with E-state index in [2.05, 4.69) is 5.10 Å². The van der Waals surface area contributed by atoms with Crippen molar-refractivity contribution in [3.8, 4) is 5.69 Å². The van der Waals surface area contributed by atoms with Crippen LogP contribution >= 0.6 is 0 Å². The summed E-state index contributed by atoms with van der Waals surface area (Å²) in [5.74, 6) is -0.538. The predicted molar refractivity (Wildman–Crippen MR) is 141 cm³/mol. The maximum atomic E-state index is 14.0. The third kappa shape index (κ3) is 4.59. The number of hydrogen-bond donors (Lipinski definition) is 0. The van der Waals surface area contributed by atoms with Gasteiger partial charge >= 0.3 is 0 Å². The Morgan fingerprint density at radius 2 is 1.70 bits per heavy atom. The summed E-state index contributed by atoms with van der Waals surface area (Å²) < 4.78 is 1.82. The molecule has 7 nitrogen and oxygen atoms in total. The number of likely N-dealkylation sites (tertiary alicyclic amines) is 1. The molecule has 1 saturated heterocycles. The molecule has 2 heterocycles. The summed E-state index contributed by atoms with van der Waals surface area (Å²) in [6, 6.07) is 15.6. The van der Waals surface area contributed by atoms with Crippen molar-refractivity contribution in [2.24, 2.45) is 0 Å². The van der Waals surface area contributed by atoms with Gasteiger partial charge in [-0.2, -0.15) is 5.10 Å². The first-order chi connectivity index (χ1) is 17.8. The van der Waals surface area contributed by atoms with E-state index >= 15 is 0 Å². The molecule has 7 heteroatoms. The van der Waals surface area contributed by atoms with Crippen molar-refractivity contribution in [1.82, 2.24) is 19.6 Å². The van der Waals surface area contributed by atoms with Gasteiger partial charge in [-0.15, -0.1) is 0 Å². The second-order valence-electron chi connectivity index (χ2n) is 10.6. The quantitative estimate of drug-likeness (QED) is 0.450. The minimum absolute atomic E-state index is 0.0337. The molecule has 2 fully saturated rings. The highest BCUT2D eigenvalue weighted by Crippen LogP contribution is 2.44. The normalized spacial score (nSPS) is 20.1. The lowest BCUT2D eigenvalue weighted by molar-refractivity contribution is -0.144. The van der Waals surface area contributed by atoms with Gasteiger partial charge in [0.25, 0.3) is 0 Å². The molecule has 0 radical (unpaired) electrons. The van der Waals surface area contributed by atoms with Gasteiger partial charge in [0.05, 0.1) is 17.3 Å². The Kier molecular flexibility index (Phi) is 6.71. The molecule has 0 bridgehead atoms. The molecular formula is C30H34N4O3. The fourth-order valence-electron chi connectivity index (χ4n) is 6.00. The summed E-state index contributed by atoms with van der Waals surface area (Å²) in [5.41, 5.74) is 3.53. The van der Waals surface area contributed by atoms with Crippen molar-refractivity contribution in [3.63, 3.8) is 0 Å². The molecule has 37 heavy (non-hydrogen) atoms. The Morgan fingerprint density at radius 1 is 1.03 bits per heavy atom. The van der Waals surface area contributed by atoms with Crippen LogP contribution in [-0.2, 0) is 26.3 Å². The number of carbonyl (C=O) groups is 3. The van der Waals surface area contributed by atoms with E-state index in [4.69, 9.17) is 0 Å². The van der Waals surface area contributed by atoms with E-state index in [0.29, 0.717) is 6.54 Å². The van der Waals surface area contributed by atoms with Crippen molar-refractivity contribution < 1.29 is 14.4 Å². The number of benzene rings is 2. The molecule has 1 aliphatic heterocycles. The fraction of sp³-hybridized carbons (Fsp3) is 0.400. The average molecular weight is 499 g/mol. The fourth-order valence-corrected chi connectivity index (χ4v) is 6.00. The standard InChI is InChI=1S/C30H34N4O3/c1-21-10-4-8-14-25(21)30(17-28(36)34(29(30)37)24-12-6-7-13-24)16-27(35)32(3)19-23-18-31-33(20-23)26-15-9-5-11-22(26)2/h4-5,8-11,14-15,18,20,24H,6-7,12-13,16-17,19H2,1-3H3/t30-/m0/s1. The Bertz CT molecular complexity index is 1340. The van der Waals surface area contributed by atoms with E-state index in [9.17, 15) is 14.4 Å². The smallest absolute Gasteiger partial charge is 0.241 e. The molecule has 1 atom stereocenters. The maximum absolute atomic E-state index is 14.0. The number of carbonyl (C=O) groups excluding carboxylic acids is 3. The summed E-state index contributed by atoms with van der Waals surface area (Å²) >= 11 is 0. The van der Waals surface area contributed by atoms with Crippen LogP contribution in [0.4, 0.5) is 0 Å². The SMILES string of the molecule is Cc1ccccc1-n1cc(CN(C)C(=O)C[C@@]2(c3ccccc3C)CC(=O)N(C3CCCC3)C2=O)cn1. The molecule has 0 spiro atoms.